The highest BCUT2D eigenvalue weighted by Gasteiger charge is 2.39. The average molecular weight is 404 g/mol. The number of rotatable bonds is 4. The van der Waals surface area contributed by atoms with Crippen molar-refractivity contribution in [3.05, 3.63) is 28.4 Å². The van der Waals surface area contributed by atoms with Gasteiger partial charge in [0.1, 0.15) is 6.54 Å². The highest BCUT2D eigenvalue weighted by molar-refractivity contribution is 6.35. The first kappa shape index (κ1) is 19.5. The number of benzene rings is 1. The highest BCUT2D eigenvalue weighted by Crippen LogP contribution is 2.35. The fraction of sp³-hybridized carbons (Fsp3) is 0.471. The lowest BCUT2D eigenvalue weighted by molar-refractivity contribution is -0.165. The van der Waals surface area contributed by atoms with Crippen LogP contribution in [0.2, 0.25) is 5.02 Å². The molecule has 0 saturated heterocycles. The van der Waals surface area contributed by atoms with E-state index in [1.54, 1.807) is 10.7 Å². The number of aromatic nitrogens is 2. The molecule has 27 heavy (non-hydrogen) atoms. The Bertz CT molecular complexity index is 910. The Kier molecular flexibility index (Phi) is 5.07. The number of carbonyl (C=O) groups is 2. The lowest BCUT2D eigenvalue weighted by atomic mass is 9.93. The number of halogens is 4. The molecule has 0 aliphatic carbocycles. The number of hydrogen-bond acceptors (Lipinski definition) is 3. The number of aliphatic carboxylic acids is 1. The van der Waals surface area contributed by atoms with Crippen molar-refractivity contribution in [3.63, 3.8) is 0 Å². The second kappa shape index (κ2) is 7.03. The maximum atomic E-state index is 13.0. The van der Waals surface area contributed by atoms with Gasteiger partial charge in [-0.2, -0.15) is 18.3 Å². The number of nitrogens with zero attached hydrogens (tertiary/aromatic N) is 3. The lowest BCUT2D eigenvalue weighted by Crippen LogP contribution is -2.41. The van der Waals surface area contributed by atoms with Gasteiger partial charge in [0, 0.05) is 18.5 Å². The summed E-state index contributed by atoms with van der Waals surface area (Å²) in [6, 6.07) is 1.60. The van der Waals surface area contributed by atoms with Gasteiger partial charge in [-0.3, -0.25) is 14.3 Å². The largest absolute Gasteiger partial charge is 0.481 e. The summed E-state index contributed by atoms with van der Waals surface area (Å²) in [7, 11) is 0. The molecule has 146 valence electrons. The molecule has 2 aromatic rings. The Morgan fingerprint density at radius 1 is 1.44 bits per heavy atom. The topological polar surface area (TPSA) is 75.4 Å². The van der Waals surface area contributed by atoms with E-state index in [4.69, 9.17) is 16.7 Å². The number of fused-ring (bicyclic) bond motifs is 3. The first-order chi connectivity index (χ1) is 12.6. The average Bonchev–Trinajstić information content (AvgIpc) is 2.94. The number of carbonyl (C=O) groups excluding carboxylic acids is 1. The summed E-state index contributed by atoms with van der Waals surface area (Å²) in [6.07, 6.45) is -3.59. The molecule has 1 unspecified atom stereocenters. The van der Waals surface area contributed by atoms with Crippen LogP contribution in [0.15, 0.2) is 12.3 Å². The lowest BCUT2D eigenvalue weighted by Gasteiger charge is -2.25. The van der Waals surface area contributed by atoms with Crippen LogP contribution >= 0.6 is 11.6 Å². The van der Waals surface area contributed by atoms with E-state index in [0.717, 1.165) is 0 Å². The van der Waals surface area contributed by atoms with Crippen molar-refractivity contribution in [2.45, 2.75) is 39.0 Å². The molecule has 1 N–H and O–H groups in total. The number of carboxylic acid groups (broad SMARTS) is 1. The standard InChI is InChI=1S/C17H17ClF3N3O3/c1-2-24-15-11(6-22-24)12-7-23(8-17(19,20)21)16(27)10(5-14(25)26)3-9(12)4-13(15)18/h4,6,10H,2-3,5,7-8H2,1H3,(H,25,26). The SMILES string of the molecule is CCn1ncc2c3c(cc(Cl)c21)CC(CC(=O)O)C(=O)N(CC(F)(F)F)C3. The first-order valence-corrected chi connectivity index (χ1v) is 8.71. The molecule has 2 heterocycles. The summed E-state index contributed by atoms with van der Waals surface area (Å²) in [5.74, 6) is -3.14. The zero-order valence-electron chi connectivity index (χ0n) is 14.4. The maximum absolute atomic E-state index is 13.0. The molecule has 0 bridgehead atoms. The summed E-state index contributed by atoms with van der Waals surface area (Å²) in [5.41, 5.74) is 1.70. The van der Waals surface area contributed by atoms with Gasteiger partial charge in [-0.25, -0.2) is 0 Å². The van der Waals surface area contributed by atoms with E-state index in [2.05, 4.69) is 5.10 Å². The second-order valence-electron chi connectivity index (χ2n) is 6.53. The molecule has 1 aromatic heterocycles. The third kappa shape index (κ3) is 3.87. The second-order valence-corrected chi connectivity index (χ2v) is 6.93. The number of aryl methyl sites for hydroxylation is 1. The minimum Gasteiger partial charge on any atom is -0.481 e. The van der Waals surface area contributed by atoms with E-state index >= 15 is 0 Å². The van der Waals surface area contributed by atoms with Crippen LogP contribution in [0.3, 0.4) is 0 Å². The Hall–Kier alpha value is -2.29. The Morgan fingerprint density at radius 2 is 2.15 bits per heavy atom. The molecule has 0 radical (unpaired) electrons. The fourth-order valence-electron chi connectivity index (χ4n) is 3.55. The number of amides is 1. The van der Waals surface area contributed by atoms with Gasteiger partial charge in [0.15, 0.2) is 0 Å². The minimum atomic E-state index is -4.59. The Balaban J connectivity index is 2.15. The predicted molar refractivity (Wildman–Crippen MR) is 91.3 cm³/mol. The van der Waals surface area contributed by atoms with E-state index in [1.807, 2.05) is 6.92 Å². The minimum absolute atomic E-state index is 0.0157. The molecule has 1 aliphatic rings. The molecular formula is C17H17ClF3N3O3. The molecule has 10 heteroatoms. The van der Waals surface area contributed by atoms with Gasteiger partial charge in [-0.05, 0) is 30.5 Å². The van der Waals surface area contributed by atoms with Crippen LogP contribution in [-0.4, -0.2) is 44.4 Å². The molecule has 1 aliphatic heterocycles. The summed E-state index contributed by atoms with van der Waals surface area (Å²) < 4.78 is 40.6. The molecule has 3 rings (SSSR count). The van der Waals surface area contributed by atoms with Crippen LogP contribution in [0.1, 0.15) is 24.5 Å². The van der Waals surface area contributed by atoms with Gasteiger partial charge < -0.3 is 10.0 Å². The van der Waals surface area contributed by atoms with Crippen molar-refractivity contribution < 1.29 is 27.9 Å². The quantitative estimate of drug-likeness (QED) is 0.850. The van der Waals surface area contributed by atoms with E-state index in [0.29, 0.717) is 38.5 Å². The summed E-state index contributed by atoms with van der Waals surface area (Å²) >= 11 is 6.35. The maximum Gasteiger partial charge on any atom is 0.406 e. The van der Waals surface area contributed by atoms with Gasteiger partial charge in [-0.15, -0.1) is 0 Å². The van der Waals surface area contributed by atoms with Gasteiger partial charge in [-0.1, -0.05) is 11.6 Å². The summed E-state index contributed by atoms with van der Waals surface area (Å²) in [4.78, 5) is 24.4. The van der Waals surface area contributed by atoms with Gasteiger partial charge >= 0.3 is 12.1 Å². The summed E-state index contributed by atoms with van der Waals surface area (Å²) in [6.45, 7) is 0.673. The van der Waals surface area contributed by atoms with Crippen LogP contribution in [0.25, 0.3) is 10.9 Å². The van der Waals surface area contributed by atoms with E-state index in [-0.39, 0.29) is 13.0 Å². The van der Waals surface area contributed by atoms with Crippen LogP contribution in [0.4, 0.5) is 13.2 Å². The predicted octanol–water partition coefficient (Wildman–Crippen LogP) is 3.25. The highest BCUT2D eigenvalue weighted by atomic mass is 35.5. The summed E-state index contributed by atoms with van der Waals surface area (Å²) in [5, 5.41) is 14.2. The molecular weight excluding hydrogens is 387 g/mol. The molecule has 0 spiro atoms. The third-order valence-electron chi connectivity index (χ3n) is 4.65. The van der Waals surface area contributed by atoms with Gasteiger partial charge in [0.2, 0.25) is 5.91 Å². The molecule has 0 fully saturated rings. The monoisotopic (exact) mass is 403 g/mol. The molecule has 1 aromatic carbocycles. The Labute approximate surface area is 157 Å². The zero-order chi connectivity index (χ0) is 19.9. The van der Waals surface area contributed by atoms with Crippen molar-refractivity contribution >= 4 is 34.4 Å². The van der Waals surface area contributed by atoms with E-state index in [1.165, 1.54) is 6.20 Å². The zero-order valence-corrected chi connectivity index (χ0v) is 15.1. The number of carboxylic acids is 1. The third-order valence-corrected chi connectivity index (χ3v) is 4.93. The van der Waals surface area contributed by atoms with Crippen LogP contribution < -0.4 is 0 Å². The van der Waals surface area contributed by atoms with Crippen molar-refractivity contribution in [1.82, 2.24) is 14.7 Å². The molecule has 1 amide bonds. The Morgan fingerprint density at radius 3 is 2.74 bits per heavy atom. The van der Waals surface area contributed by atoms with Crippen molar-refractivity contribution in [1.29, 1.82) is 0 Å². The van der Waals surface area contributed by atoms with Crippen molar-refractivity contribution in [2.75, 3.05) is 6.54 Å². The number of alkyl halides is 3. The molecule has 6 nitrogen and oxygen atoms in total. The smallest absolute Gasteiger partial charge is 0.406 e. The van der Waals surface area contributed by atoms with Gasteiger partial charge in [0.05, 0.1) is 29.1 Å². The van der Waals surface area contributed by atoms with E-state index < -0.39 is 36.9 Å². The van der Waals surface area contributed by atoms with Crippen LogP contribution in [0.5, 0.6) is 0 Å². The molecule has 1 atom stereocenters. The normalized spacial score (nSPS) is 17.9. The van der Waals surface area contributed by atoms with Crippen LogP contribution in [0, 0.1) is 5.92 Å². The number of hydrogen-bond donors (Lipinski definition) is 1. The van der Waals surface area contributed by atoms with Crippen LogP contribution in [-0.2, 0) is 29.1 Å². The first-order valence-electron chi connectivity index (χ1n) is 8.33. The fourth-order valence-corrected chi connectivity index (χ4v) is 3.88. The van der Waals surface area contributed by atoms with Gasteiger partial charge in [0.25, 0.3) is 0 Å². The molecule has 0 saturated carbocycles. The van der Waals surface area contributed by atoms with Crippen molar-refractivity contribution in [2.24, 2.45) is 5.92 Å². The van der Waals surface area contributed by atoms with Crippen molar-refractivity contribution in [3.8, 4) is 0 Å². The van der Waals surface area contributed by atoms with E-state index in [9.17, 15) is 22.8 Å².